The lowest BCUT2D eigenvalue weighted by molar-refractivity contribution is -0.314. The van der Waals surface area contributed by atoms with Gasteiger partial charge in [0.1, 0.15) is 24.4 Å². The highest BCUT2D eigenvalue weighted by Crippen LogP contribution is 2.65. The van der Waals surface area contributed by atoms with E-state index in [0.717, 1.165) is 56.2 Å². The highest BCUT2D eigenvalue weighted by atomic mass is 35.5. The molecule has 0 amide bonds. The Morgan fingerprint density at radius 3 is 2.30 bits per heavy atom. The molecule has 3 unspecified atom stereocenters. The molecular weight excluding hydrogens is 788 g/mol. The van der Waals surface area contributed by atoms with Gasteiger partial charge in [0.25, 0.3) is 0 Å². The second-order valence-electron chi connectivity index (χ2n) is 19.0. The first-order valence-corrected chi connectivity index (χ1v) is 23.1. The molecule has 8 rings (SSSR count). The number of likely N-dealkylation sites (N-methyl/N-ethyl adjacent to an activating group) is 1. The van der Waals surface area contributed by atoms with E-state index >= 15 is 4.79 Å². The lowest BCUT2D eigenvalue weighted by Crippen LogP contribution is -2.59. The number of ketones is 1. The fourth-order valence-electron chi connectivity index (χ4n) is 12.6. The fraction of sp³-hybridized carbons (Fsp3) is 0.787. The number of halogens is 1. The third-order valence-electron chi connectivity index (χ3n) is 15.5. The van der Waals surface area contributed by atoms with Crippen molar-refractivity contribution >= 4 is 29.0 Å². The van der Waals surface area contributed by atoms with Crippen LogP contribution in [-0.2, 0) is 47.5 Å². The van der Waals surface area contributed by atoms with Crippen LogP contribution in [0.1, 0.15) is 85.5 Å². The van der Waals surface area contributed by atoms with Crippen LogP contribution in [0.5, 0.6) is 0 Å². The Labute approximate surface area is 362 Å². The van der Waals surface area contributed by atoms with Crippen LogP contribution in [0, 0.1) is 35.5 Å². The number of fused-ring (bicyclic) bond motifs is 8. The van der Waals surface area contributed by atoms with Gasteiger partial charge in [0, 0.05) is 49.9 Å². The number of carbonyl (C=O) groups is 2. The normalized spacial score (nSPS) is 44.5. The first kappa shape index (κ1) is 44.5. The van der Waals surface area contributed by atoms with Crippen molar-refractivity contribution in [3.05, 3.63) is 40.9 Å². The third-order valence-corrected chi connectivity index (χ3v) is 15.7. The zero-order valence-electron chi connectivity index (χ0n) is 37.1. The molecule has 0 aromatic heterocycles. The number of hydrogen-bond acceptors (Lipinski definition) is 12. The Morgan fingerprint density at radius 1 is 0.867 bits per heavy atom. The molecule has 1 aromatic rings. The summed E-state index contributed by atoms with van der Waals surface area (Å²) in [5.41, 5.74) is 1.83. The van der Waals surface area contributed by atoms with Gasteiger partial charge < -0.3 is 47.7 Å². The molecule has 0 N–H and O–H groups in total. The van der Waals surface area contributed by atoms with Crippen molar-refractivity contribution in [2.45, 2.75) is 165 Å². The first-order chi connectivity index (χ1) is 28.9. The molecule has 19 atom stereocenters. The molecule has 0 bridgehead atoms. The summed E-state index contributed by atoms with van der Waals surface area (Å²) in [4.78, 5) is 33.9. The van der Waals surface area contributed by atoms with Crippen molar-refractivity contribution in [2.24, 2.45) is 35.5 Å². The molecule has 1 aromatic carbocycles. The Kier molecular flexibility index (Phi) is 13.7. The van der Waals surface area contributed by atoms with Gasteiger partial charge in [-0.25, -0.2) is 0 Å². The third kappa shape index (κ3) is 8.48. The van der Waals surface area contributed by atoms with Crippen LogP contribution in [0.25, 0.3) is 0 Å². The minimum Gasteiger partial charge on any atom is -0.462 e. The number of methoxy groups -OCH3 is 3. The van der Waals surface area contributed by atoms with Gasteiger partial charge in [0.2, 0.25) is 0 Å². The zero-order valence-corrected chi connectivity index (χ0v) is 37.8. The monoisotopic (exact) mass is 856 g/mol. The second-order valence-corrected chi connectivity index (χ2v) is 19.4. The highest BCUT2D eigenvalue weighted by molar-refractivity contribution is 6.30. The van der Waals surface area contributed by atoms with Gasteiger partial charge in [-0.05, 0) is 127 Å². The molecule has 0 radical (unpaired) electrons. The number of ether oxygens (including phenoxy) is 8. The van der Waals surface area contributed by atoms with E-state index in [9.17, 15) is 4.79 Å². The van der Waals surface area contributed by atoms with Gasteiger partial charge in [0.05, 0.1) is 42.9 Å². The van der Waals surface area contributed by atoms with Gasteiger partial charge in [-0.3, -0.25) is 9.59 Å². The van der Waals surface area contributed by atoms with Crippen molar-refractivity contribution < 1.29 is 47.5 Å². The predicted octanol–water partition coefficient (Wildman–Crippen LogP) is 6.84. The number of benzene rings is 1. The SMILES string of the molecule is CC[C@H]1CCC[C@H](O[C@H]2CC[C@H](N(C)C)C(C)O2)[C@@H](C)C(=O)C2=C[C@H]3[C@@H]4C[C@H](O[C@@H]5OC(C)[C@H](OC)C(OC)[C@@H]5OC)C[C@H]4[C@H]4[C@@H]([C@H]3[C@@H]2CC(=O)O1)N4c1cccc(Cl)c1. The van der Waals surface area contributed by atoms with Crippen molar-refractivity contribution in [2.75, 3.05) is 40.3 Å². The van der Waals surface area contributed by atoms with Crippen LogP contribution in [0.3, 0.4) is 0 Å². The summed E-state index contributed by atoms with van der Waals surface area (Å²) in [6.07, 6.45) is 5.78. The van der Waals surface area contributed by atoms with Crippen LogP contribution in [0.15, 0.2) is 35.9 Å². The number of hydrogen-bond donors (Lipinski definition) is 0. The molecule has 7 aliphatic rings. The van der Waals surface area contributed by atoms with E-state index in [-0.39, 0.29) is 103 Å². The molecule has 334 valence electrons. The van der Waals surface area contributed by atoms with Gasteiger partial charge >= 0.3 is 5.97 Å². The molecule has 6 fully saturated rings. The first-order valence-electron chi connectivity index (χ1n) is 22.7. The van der Waals surface area contributed by atoms with E-state index in [1.54, 1.807) is 21.3 Å². The topological polar surface area (TPSA) is 114 Å². The molecule has 12 nitrogen and oxygen atoms in total. The molecule has 3 aliphatic carbocycles. The molecule has 4 heterocycles. The summed E-state index contributed by atoms with van der Waals surface area (Å²) in [5.74, 6) is -0.197. The maximum Gasteiger partial charge on any atom is 0.306 e. The van der Waals surface area contributed by atoms with Crippen LogP contribution in [0.4, 0.5) is 5.69 Å². The predicted molar refractivity (Wildman–Crippen MR) is 227 cm³/mol. The van der Waals surface area contributed by atoms with Crippen molar-refractivity contribution in [3.8, 4) is 0 Å². The summed E-state index contributed by atoms with van der Waals surface area (Å²) < 4.78 is 50.5. The molecular formula is C47H69ClN2O10. The Balaban J connectivity index is 1.11. The van der Waals surface area contributed by atoms with E-state index < -0.39 is 18.3 Å². The maximum atomic E-state index is 15.2. The van der Waals surface area contributed by atoms with Crippen LogP contribution in [0.2, 0.25) is 5.02 Å². The molecule has 4 saturated heterocycles. The molecule has 0 spiro atoms. The van der Waals surface area contributed by atoms with Crippen LogP contribution < -0.4 is 4.90 Å². The summed E-state index contributed by atoms with van der Waals surface area (Å²) in [7, 11) is 9.18. The van der Waals surface area contributed by atoms with E-state index in [1.165, 1.54) is 0 Å². The minimum atomic E-state index is -0.635. The number of esters is 1. The summed E-state index contributed by atoms with van der Waals surface area (Å²) in [6, 6.07) is 8.74. The number of allylic oxidation sites excluding steroid dienone is 2. The van der Waals surface area contributed by atoms with Crippen molar-refractivity contribution in [1.29, 1.82) is 0 Å². The number of rotatable bonds is 10. The number of anilines is 1. The van der Waals surface area contributed by atoms with Crippen LogP contribution in [-0.4, -0.2) is 132 Å². The average molecular weight is 858 g/mol. The van der Waals surface area contributed by atoms with E-state index in [0.29, 0.717) is 23.4 Å². The van der Waals surface area contributed by atoms with E-state index in [4.69, 9.17) is 49.5 Å². The summed E-state index contributed by atoms with van der Waals surface area (Å²) >= 11 is 6.63. The van der Waals surface area contributed by atoms with Crippen molar-refractivity contribution in [3.63, 3.8) is 0 Å². The highest BCUT2D eigenvalue weighted by Gasteiger charge is 2.69. The lowest BCUT2D eigenvalue weighted by Gasteiger charge is -2.44. The van der Waals surface area contributed by atoms with Crippen LogP contribution >= 0.6 is 11.6 Å². The number of Topliss-reactive ketones (excluding diaryl/α,β-unsaturated/α-hetero) is 1. The maximum absolute atomic E-state index is 15.2. The molecule has 60 heavy (non-hydrogen) atoms. The quantitative estimate of drug-likeness (QED) is 0.181. The Bertz CT molecular complexity index is 1710. The Morgan fingerprint density at radius 2 is 1.62 bits per heavy atom. The fourth-order valence-corrected chi connectivity index (χ4v) is 12.8. The number of nitrogens with zero attached hydrogens (tertiary/aromatic N) is 2. The molecule has 4 aliphatic heterocycles. The Hall–Kier alpha value is -2.13. The number of cyclic esters (lactones) is 1. The standard InChI is InChI=1S/C47H69ClN2O10/c1-10-29-15-12-16-37(60-39-18-17-36(49(5)6)25(3)56-39)24(2)43(52)35-22-32-31-20-30(59-47-46(55-9)45(54-8)44(53-7)26(4)57-47)21-34(31)41-42(40(32)33(35)23-38(51)58-29)50(41)28-14-11-13-27(48)19-28/h11,13-14,19,22,24-26,29-34,36-37,39-42,44-47H,10,12,15-18,20-21,23H2,1-9H3/t24-,25?,26?,29+,30+,31+,32+,33-,34-,36+,37+,39+,40-,41+,42-,44+,45?,46+,47+,50?/m1/s1. The summed E-state index contributed by atoms with van der Waals surface area (Å²) in [5, 5.41) is 0.683. The van der Waals surface area contributed by atoms with Gasteiger partial charge in [-0.15, -0.1) is 0 Å². The average Bonchev–Trinajstić information content (AvgIpc) is 3.63. The minimum absolute atomic E-state index is 0.0168. The zero-order chi connectivity index (χ0) is 42.6. The van der Waals surface area contributed by atoms with Gasteiger partial charge in [-0.1, -0.05) is 37.6 Å². The molecule has 13 heteroatoms. The van der Waals surface area contributed by atoms with Gasteiger partial charge in [0.15, 0.2) is 18.4 Å². The largest absolute Gasteiger partial charge is 0.462 e. The van der Waals surface area contributed by atoms with Crippen molar-refractivity contribution in [1.82, 2.24) is 4.90 Å². The molecule has 2 saturated carbocycles. The van der Waals surface area contributed by atoms with E-state index in [1.807, 2.05) is 32.0 Å². The lowest BCUT2D eigenvalue weighted by atomic mass is 9.66. The summed E-state index contributed by atoms with van der Waals surface area (Å²) in [6.45, 7) is 8.20. The number of carbonyl (C=O) groups excluding carboxylic acids is 2. The van der Waals surface area contributed by atoms with Gasteiger partial charge in [-0.2, -0.15) is 0 Å². The second kappa shape index (κ2) is 18.5. The van der Waals surface area contributed by atoms with E-state index in [2.05, 4.69) is 49.9 Å². The smallest absolute Gasteiger partial charge is 0.306 e.